The molecule has 2 aromatic rings. The highest BCUT2D eigenvalue weighted by Gasteiger charge is 2.24. The van der Waals surface area contributed by atoms with Crippen LogP contribution in [-0.4, -0.2) is 31.1 Å². The predicted molar refractivity (Wildman–Crippen MR) is 90.6 cm³/mol. The van der Waals surface area contributed by atoms with Crippen LogP contribution in [0.4, 0.5) is 0 Å². The maximum absolute atomic E-state index is 6.05. The number of fused-ring (bicyclic) bond motifs is 1. The van der Waals surface area contributed by atoms with Crippen LogP contribution in [0, 0.1) is 0 Å². The van der Waals surface area contributed by atoms with Crippen molar-refractivity contribution >= 4 is 26.9 Å². The molecular weight excluding hydrogens is 328 g/mol. The molecule has 0 saturated carbocycles. The maximum Gasteiger partial charge on any atom is 0.134 e. The topological polar surface area (TPSA) is 28.4 Å². The zero-order valence-corrected chi connectivity index (χ0v) is 14.3. The second-order valence-electron chi connectivity index (χ2n) is 6.01. The molecule has 1 aliphatic heterocycles. The van der Waals surface area contributed by atoms with E-state index < -0.39 is 0 Å². The number of furan rings is 1. The van der Waals surface area contributed by atoms with Crippen LogP contribution in [0.25, 0.3) is 11.0 Å². The van der Waals surface area contributed by atoms with Crippen molar-refractivity contribution in [1.82, 2.24) is 10.2 Å². The van der Waals surface area contributed by atoms with Gasteiger partial charge in [0.05, 0.1) is 6.04 Å². The van der Waals surface area contributed by atoms with Crippen molar-refractivity contribution in [2.75, 3.05) is 20.1 Å². The molecule has 0 radical (unpaired) electrons. The molecule has 1 aromatic heterocycles. The quantitative estimate of drug-likeness (QED) is 0.892. The van der Waals surface area contributed by atoms with E-state index in [0.29, 0.717) is 12.1 Å². The number of nitrogens with one attached hydrogen (secondary N) is 1. The van der Waals surface area contributed by atoms with Gasteiger partial charge < -0.3 is 9.73 Å². The van der Waals surface area contributed by atoms with Gasteiger partial charge in [0.2, 0.25) is 0 Å². The van der Waals surface area contributed by atoms with Crippen molar-refractivity contribution in [2.45, 2.75) is 38.3 Å². The van der Waals surface area contributed by atoms with Crippen LogP contribution in [0.15, 0.2) is 33.2 Å². The van der Waals surface area contributed by atoms with Crippen LogP contribution in [0.3, 0.4) is 0 Å². The Bertz CT molecular complexity index is 602. The third-order valence-corrected chi connectivity index (χ3v) is 5.13. The fourth-order valence-corrected chi connectivity index (χ4v) is 3.54. The molecule has 0 spiro atoms. The van der Waals surface area contributed by atoms with Crippen molar-refractivity contribution < 1.29 is 4.42 Å². The van der Waals surface area contributed by atoms with E-state index >= 15 is 0 Å². The molecule has 3 rings (SSSR count). The van der Waals surface area contributed by atoms with E-state index in [9.17, 15) is 0 Å². The highest BCUT2D eigenvalue weighted by Crippen LogP contribution is 2.30. The van der Waals surface area contributed by atoms with Gasteiger partial charge in [0.15, 0.2) is 0 Å². The van der Waals surface area contributed by atoms with Gasteiger partial charge in [0.1, 0.15) is 11.3 Å². The molecule has 1 fully saturated rings. The third-order valence-electron chi connectivity index (χ3n) is 4.64. The fraction of sp³-hybridized carbons (Fsp3) is 0.529. The van der Waals surface area contributed by atoms with E-state index in [-0.39, 0.29) is 0 Å². The monoisotopic (exact) mass is 350 g/mol. The lowest BCUT2D eigenvalue weighted by molar-refractivity contribution is 0.155. The Kier molecular flexibility index (Phi) is 4.67. The van der Waals surface area contributed by atoms with Crippen molar-refractivity contribution in [2.24, 2.45) is 0 Å². The number of nitrogens with zero attached hydrogens (tertiary/aromatic N) is 1. The molecule has 0 bridgehead atoms. The van der Waals surface area contributed by atoms with Gasteiger partial charge in [-0.25, -0.2) is 0 Å². The summed E-state index contributed by atoms with van der Waals surface area (Å²) in [6, 6.07) is 9.29. The zero-order chi connectivity index (χ0) is 14.8. The maximum atomic E-state index is 6.05. The molecule has 1 aliphatic rings. The van der Waals surface area contributed by atoms with E-state index in [1.165, 1.54) is 24.6 Å². The molecule has 4 heteroatoms. The predicted octanol–water partition coefficient (Wildman–Crippen LogP) is 4.33. The van der Waals surface area contributed by atoms with E-state index in [4.69, 9.17) is 4.42 Å². The number of benzene rings is 1. The van der Waals surface area contributed by atoms with Crippen LogP contribution in [-0.2, 0) is 0 Å². The molecule has 2 unspecified atom stereocenters. The van der Waals surface area contributed by atoms with E-state index in [1.54, 1.807) is 0 Å². The van der Waals surface area contributed by atoms with Crippen molar-refractivity contribution in [1.29, 1.82) is 0 Å². The van der Waals surface area contributed by atoms with Crippen molar-refractivity contribution in [3.63, 3.8) is 0 Å². The summed E-state index contributed by atoms with van der Waals surface area (Å²) >= 11 is 3.52. The first-order chi connectivity index (χ1) is 10.1. The molecule has 1 saturated heterocycles. The lowest BCUT2D eigenvalue weighted by Gasteiger charge is -2.31. The van der Waals surface area contributed by atoms with Gasteiger partial charge in [-0.15, -0.1) is 0 Å². The zero-order valence-electron chi connectivity index (χ0n) is 12.7. The molecule has 3 nitrogen and oxygen atoms in total. The Balaban J connectivity index is 1.79. The van der Waals surface area contributed by atoms with Gasteiger partial charge in [-0.2, -0.15) is 0 Å². The van der Waals surface area contributed by atoms with E-state index in [2.05, 4.69) is 52.3 Å². The van der Waals surface area contributed by atoms with Gasteiger partial charge >= 0.3 is 0 Å². The summed E-state index contributed by atoms with van der Waals surface area (Å²) in [6.07, 6.45) is 3.74. The standard InChI is InChI=1S/C17H23BrN2O/c1-12(20(2)15-4-3-8-19-9-7-15)17-11-13-10-14(18)5-6-16(13)21-17/h5-6,10-12,15,19H,3-4,7-9H2,1-2H3. The summed E-state index contributed by atoms with van der Waals surface area (Å²) in [6.45, 7) is 4.51. The molecule has 2 heterocycles. The van der Waals surface area contributed by atoms with Crippen molar-refractivity contribution in [3.05, 3.63) is 34.5 Å². The molecule has 114 valence electrons. The Morgan fingerprint density at radius 2 is 2.14 bits per heavy atom. The van der Waals surface area contributed by atoms with Crippen LogP contribution in [0.2, 0.25) is 0 Å². The minimum atomic E-state index is 0.305. The summed E-state index contributed by atoms with van der Waals surface area (Å²) in [5.41, 5.74) is 0.969. The van der Waals surface area contributed by atoms with Gasteiger partial charge in [-0.1, -0.05) is 15.9 Å². The Morgan fingerprint density at radius 1 is 1.29 bits per heavy atom. The molecule has 1 aromatic carbocycles. The first kappa shape index (κ1) is 15.1. The smallest absolute Gasteiger partial charge is 0.134 e. The third kappa shape index (κ3) is 3.33. The number of hydrogen-bond acceptors (Lipinski definition) is 3. The van der Waals surface area contributed by atoms with Crippen LogP contribution in [0.5, 0.6) is 0 Å². The summed E-state index contributed by atoms with van der Waals surface area (Å²) in [5.74, 6) is 1.06. The van der Waals surface area contributed by atoms with Gasteiger partial charge in [-0.05, 0) is 70.6 Å². The number of halogens is 1. The molecular formula is C17H23BrN2O. The largest absolute Gasteiger partial charge is 0.459 e. The minimum absolute atomic E-state index is 0.305. The van der Waals surface area contributed by atoms with Crippen molar-refractivity contribution in [3.8, 4) is 0 Å². The first-order valence-corrected chi connectivity index (χ1v) is 8.56. The van der Waals surface area contributed by atoms with Gasteiger partial charge in [-0.3, -0.25) is 4.90 Å². The molecule has 1 N–H and O–H groups in total. The molecule has 2 atom stereocenters. The average Bonchev–Trinajstić information content (AvgIpc) is 2.71. The van der Waals surface area contributed by atoms with Gasteiger partial charge in [0.25, 0.3) is 0 Å². The highest BCUT2D eigenvalue weighted by atomic mass is 79.9. The first-order valence-electron chi connectivity index (χ1n) is 7.77. The molecule has 0 amide bonds. The number of rotatable bonds is 3. The van der Waals surface area contributed by atoms with E-state index in [1.807, 2.05) is 12.1 Å². The SMILES string of the molecule is CC(c1cc2cc(Br)ccc2o1)N(C)C1CCCNCC1. The Morgan fingerprint density at radius 3 is 3.00 bits per heavy atom. The molecule has 0 aliphatic carbocycles. The Labute approximate surface area is 134 Å². The average molecular weight is 351 g/mol. The van der Waals surface area contributed by atoms with Crippen LogP contribution >= 0.6 is 15.9 Å². The minimum Gasteiger partial charge on any atom is -0.459 e. The normalized spacial score (nSPS) is 21.6. The van der Waals surface area contributed by atoms with Crippen LogP contribution in [0.1, 0.15) is 38.0 Å². The highest BCUT2D eigenvalue weighted by molar-refractivity contribution is 9.10. The summed E-state index contributed by atoms with van der Waals surface area (Å²) in [4.78, 5) is 2.47. The summed E-state index contributed by atoms with van der Waals surface area (Å²) in [5, 5.41) is 4.65. The Hall–Kier alpha value is -0.840. The lowest BCUT2D eigenvalue weighted by Crippen LogP contribution is -2.34. The second kappa shape index (κ2) is 6.51. The number of hydrogen-bond donors (Lipinski definition) is 1. The lowest BCUT2D eigenvalue weighted by atomic mass is 10.1. The summed E-state index contributed by atoms with van der Waals surface area (Å²) < 4.78 is 7.15. The summed E-state index contributed by atoms with van der Waals surface area (Å²) in [7, 11) is 2.23. The molecule has 21 heavy (non-hydrogen) atoms. The van der Waals surface area contributed by atoms with E-state index in [0.717, 1.165) is 28.9 Å². The van der Waals surface area contributed by atoms with Gasteiger partial charge in [0, 0.05) is 15.9 Å². The van der Waals surface area contributed by atoms with Crippen LogP contribution < -0.4 is 5.32 Å². The second-order valence-corrected chi connectivity index (χ2v) is 6.92. The fourth-order valence-electron chi connectivity index (χ4n) is 3.17.